The average Bonchev–Trinajstić information content (AvgIpc) is 3.21. The van der Waals surface area contributed by atoms with Crippen LogP contribution in [0.1, 0.15) is 39.7 Å². The van der Waals surface area contributed by atoms with Gasteiger partial charge in [0.2, 0.25) is 0 Å². The maximum atomic E-state index is 13.1. The molecule has 2 rings (SSSR count). The summed E-state index contributed by atoms with van der Waals surface area (Å²) in [5.41, 5.74) is -0.130. The van der Waals surface area contributed by atoms with E-state index in [9.17, 15) is 24.0 Å². The van der Waals surface area contributed by atoms with Crippen LogP contribution in [0.4, 0.5) is 9.59 Å². The number of ether oxygens (including phenoxy) is 5. The van der Waals surface area contributed by atoms with Crippen molar-refractivity contribution in [2.24, 2.45) is 0 Å². The van der Waals surface area contributed by atoms with Crippen molar-refractivity contribution in [2.45, 2.75) is 69.9 Å². The molecule has 13 heteroatoms. The summed E-state index contributed by atoms with van der Waals surface area (Å²) in [6, 6.07) is 6.69. The van der Waals surface area contributed by atoms with Gasteiger partial charge in [0.1, 0.15) is 35.8 Å². The summed E-state index contributed by atoms with van der Waals surface area (Å²) in [5, 5.41) is 1.52. The molecule has 1 aromatic carbocycles. The van der Waals surface area contributed by atoms with Gasteiger partial charge in [0.05, 0.1) is 14.2 Å². The minimum atomic E-state index is -1.18. The second-order valence-corrected chi connectivity index (χ2v) is 10.5. The van der Waals surface area contributed by atoms with Crippen molar-refractivity contribution >= 4 is 41.9 Å². The Morgan fingerprint density at radius 1 is 1.08 bits per heavy atom. The van der Waals surface area contributed by atoms with E-state index >= 15 is 0 Å². The number of carbonyl (C=O) groups is 5. The number of carbonyl (C=O) groups excluding carboxylic acids is 5. The predicted molar refractivity (Wildman–Crippen MR) is 136 cm³/mol. The lowest BCUT2D eigenvalue weighted by molar-refractivity contribution is -0.148. The maximum Gasteiger partial charge on any atom is 0.412 e. The van der Waals surface area contributed by atoms with Crippen molar-refractivity contribution in [3.05, 3.63) is 35.9 Å². The van der Waals surface area contributed by atoms with E-state index < -0.39 is 59.3 Å². The summed E-state index contributed by atoms with van der Waals surface area (Å²) in [4.78, 5) is 63.4. The molecule has 38 heavy (non-hydrogen) atoms. The monoisotopic (exact) mass is 554 g/mol. The topological polar surface area (TPSA) is 147 Å². The van der Waals surface area contributed by atoms with Crippen LogP contribution < -0.4 is 5.32 Å². The van der Waals surface area contributed by atoms with E-state index in [0.717, 1.165) is 29.3 Å². The molecule has 4 atom stereocenters. The molecule has 1 saturated heterocycles. The predicted octanol–water partition coefficient (Wildman–Crippen LogP) is 2.63. The lowest BCUT2D eigenvalue weighted by Gasteiger charge is -2.32. The Labute approximate surface area is 225 Å². The first-order valence-corrected chi connectivity index (χ1v) is 12.8. The minimum absolute atomic E-state index is 0.0158. The number of benzene rings is 1. The van der Waals surface area contributed by atoms with E-state index in [1.807, 2.05) is 6.07 Å². The minimum Gasteiger partial charge on any atom is -0.467 e. The number of hydrogen-bond donors (Lipinski definition) is 1. The first-order chi connectivity index (χ1) is 17.9. The largest absolute Gasteiger partial charge is 0.467 e. The average molecular weight is 555 g/mol. The van der Waals surface area contributed by atoms with Crippen molar-refractivity contribution in [3.8, 4) is 0 Å². The highest BCUT2D eigenvalue weighted by molar-refractivity contribution is 8.00. The molecule has 210 valence electrons. The summed E-state index contributed by atoms with van der Waals surface area (Å²) in [6.45, 7) is 6.18. The molecule has 1 heterocycles. The molecule has 1 N–H and O–H groups in total. The fourth-order valence-electron chi connectivity index (χ4n) is 3.62. The van der Waals surface area contributed by atoms with Crippen LogP contribution in [0.15, 0.2) is 30.3 Å². The van der Waals surface area contributed by atoms with Crippen LogP contribution in [-0.4, -0.2) is 84.1 Å². The number of alkyl carbamates (subject to hydrolysis) is 1. The highest BCUT2D eigenvalue weighted by Crippen LogP contribution is 2.36. The molecule has 0 spiro atoms. The fraction of sp³-hybridized carbons (Fsp3) is 0.560. The zero-order valence-corrected chi connectivity index (χ0v) is 23.1. The molecular weight excluding hydrogens is 520 g/mol. The van der Waals surface area contributed by atoms with E-state index in [-0.39, 0.29) is 18.8 Å². The lowest BCUT2D eigenvalue weighted by atomic mass is 10.2. The van der Waals surface area contributed by atoms with Crippen molar-refractivity contribution in [1.82, 2.24) is 10.2 Å². The lowest BCUT2D eigenvalue weighted by Crippen LogP contribution is -2.49. The van der Waals surface area contributed by atoms with E-state index in [1.54, 1.807) is 45.0 Å². The molecule has 0 bridgehead atoms. The third-order valence-corrected chi connectivity index (χ3v) is 6.60. The van der Waals surface area contributed by atoms with Gasteiger partial charge < -0.3 is 29.0 Å². The molecule has 0 aliphatic carbocycles. The number of esters is 3. The Bertz CT molecular complexity index is 998. The van der Waals surface area contributed by atoms with Gasteiger partial charge in [-0.05, 0) is 26.3 Å². The van der Waals surface area contributed by atoms with E-state index in [0.29, 0.717) is 0 Å². The SMILES string of the molecule is COC(=O)[C@H](CS[C@H]1[C@H](OC(C)=O)C[C@@H](C(=O)OC)N1C(=O)OC(C)(C)C)NC(=O)OCc1ccccc1. The molecule has 0 saturated carbocycles. The van der Waals surface area contributed by atoms with E-state index in [4.69, 9.17) is 23.7 Å². The number of nitrogens with one attached hydrogen (secondary N) is 1. The van der Waals surface area contributed by atoms with Crippen molar-refractivity contribution in [3.63, 3.8) is 0 Å². The summed E-state index contributed by atoms with van der Waals surface area (Å²) in [6.07, 6.45) is -2.65. The number of rotatable bonds is 9. The van der Waals surface area contributed by atoms with E-state index in [2.05, 4.69) is 5.32 Å². The molecule has 0 radical (unpaired) electrons. The van der Waals surface area contributed by atoms with Gasteiger partial charge >= 0.3 is 30.1 Å². The van der Waals surface area contributed by atoms with Crippen LogP contribution in [0.5, 0.6) is 0 Å². The van der Waals surface area contributed by atoms with Crippen molar-refractivity contribution < 1.29 is 47.7 Å². The molecule has 0 unspecified atom stereocenters. The first kappa shape index (κ1) is 30.7. The van der Waals surface area contributed by atoms with Gasteiger partial charge in [-0.15, -0.1) is 11.8 Å². The Hall–Kier alpha value is -3.48. The zero-order valence-electron chi connectivity index (χ0n) is 22.3. The van der Waals surface area contributed by atoms with Gasteiger partial charge in [0.15, 0.2) is 0 Å². The second kappa shape index (κ2) is 13.9. The number of amides is 2. The smallest absolute Gasteiger partial charge is 0.412 e. The van der Waals surface area contributed by atoms with Crippen LogP contribution >= 0.6 is 11.8 Å². The third kappa shape index (κ3) is 9.12. The van der Waals surface area contributed by atoms with Gasteiger partial charge in [0, 0.05) is 19.1 Å². The number of nitrogens with zero attached hydrogens (tertiary/aromatic N) is 1. The Morgan fingerprint density at radius 2 is 1.74 bits per heavy atom. The maximum absolute atomic E-state index is 13.1. The quantitative estimate of drug-likeness (QED) is 0.355. The Balaban J connectivity index is 2.22. The van der Waals surface area contributed by atoms with E-state index in [1.165, 1.54) is 14.0 Å². The molecule has 0 aromatic heterocycles. The Kier molecular flexibility index (Phi) is 11.2. The highest BCUT2D eigenvalue weighted by atomic mass is 32.2. The van der Waals surface area contributed by atoms with Crippen LogP contribution in [0.2, 0.25) is 0 Å². The van der Waals surface area contributed by atoms with Gasteiger partial charge in [-0.2, -0.15) is 0 Å². The number of hydrogen-bond acceptors (Lipinski definition) is 11. The summed E-state index contributed by atoms with van der Waals surface area (Å²) in [7, 11) is 2.34. The van der Waals surface area contributed by atoms with Crippen LogP contribution in [0.25, 0.3) is 0 Å². The number of methoxy groups -OCH3 is 2. The van der Waals surface area contributed by atoms with Crippen LogP contribution in [-0.2, 0) is 44.7 Å². The van der Waals surface area contributed by atoms with Crippen LogP contribution in [0, 0.1) is 0 Å². The molecule has 1 aromatic rings. The molecule has 1 aliphatic heterocycles. The highest BCUT2D eigenvalue weighted by Gasteiger charge is 2.51. The third-order valence-electron chi connectivity index (χ3n) is 5.20. The first-order valence-electron chi connectivity index (χ1n) is 11.8. The number of thioether (sulfide) groups is 1. The van der Waals surface area contributed by atoms with Gasteiger partial charge in [-0.25, -0.2) is 19.2 Å². The molecule has 12 nitrogen and oxygen atoms in total. The molecule has 1 aliphatic rings. The molecule has 2 amide bonds. The van der Waals surface area contributed by atoms with Gasteiger partial charge in [-0.1, -0.05) is 30.3 Å². The fourth-order valence-corrected chi connectivity index (χ4v) is 5.00. The van der Waals surface area contributed by atoms with Crippen molar-refractivity contribution in [2.75, 3.05) is 20.0 Å². The normalized spacial score (nSPS) is 19.6. The van der Waals surface area contributed by atoms with Gasteiger partial charge in [0.25, 0.3) is 0 Å². The zero-order chi connectivity index (χ0) is 28.5. The summed E-state index contributed by atoms with van der Waals surface area (Å²) >= 11 is 1.01. The van der Waals surface area contributed by atoms with Crippen LogP contribution in [0.3, 0.4) is 0 Å². The standard InChI is InChI=1S/C25H34N2O10S/c1-15(28)36-19-12-18(22(30)34-6)27(24(32)37-25(2,3)4)20(19)38-14-17(21(29)33-5)26-23(31)35-13-16-10-8-7-9-11-16/h7-11,17-20H,12-14H2,1-6H3,(H,26,31)/t17-,18-,19+,20-/m0/s1. The molecule has 1 fully saturated rings. The number of likely N-dealkylation sites (tertiary alicyclic amines) is 1. The molecular formula is C25H34N2O10S. The van der Waals surface area contributed by atoms with Crippen molar-refractivity contribution in [1.29, 1.82) is 0 Å². The summed E-state index contributed by atoms with van der Waals surface area (Å²) in [5.74, 6) is -2.21. The summed E-state index contributed by atoms with van der Waals surface area (Å²) < 4.78 is 25.8. The Morgan fingerprint density at radius 3 is 2.29 bits per heavy atom. The second-order valence-electron chi connectivity index (χ2n) is 9.32. The van der Waals surface area contributed by atoms with Gasteiger partial charge in [-0.3, -0.25) is 9.69 Å².